The van der Waals surface area contributed by atoms with E-state index in [2.05, 4.69) is 5.32 Å². The molecule has 0 unspecified atom stereocenters. The molecule has 2 rings (SSSR count). The van der Waals surface area contributed by atoms with E-state index < -0.39 is 39.3 Å². The molecule has 0 fully saturated rings. The molecule has 0 heterocycles. The zero-order chi connectivity index (χ0) is 20.4. The number of amides is 2. The van der Waals surface area contributed by atoms with Crippen LogP contribution in [0.25, 0.3) is 0 Å². The van der Waals surface area contributed by atoms with E-state index in [1.165, 1.54) is 0 Å². The van der Waals surface area contributed by atoms with Gasteiger partial charge in [-0.05, 0) is 42.5 Å². The Kier molecular flexibility index (Phi) is 5.78. The number of benzene rings is 2. The molecule has 0 aliphatic heterocycles. The molecular formula is C15H11ClF3N3O4S. The van der Waals surface area contributed by atoms with E-state index in [-0.39, 0.29) is 15.6 Å². The molecule has 0 saturated carbocycles. The average molecular weight is 422 g/mol. The minimum absolute atomic E-state index is 0.0368. The van der Waals surface area contributed by atoms with Crippen LogP contribution in [0.15, 0.2) is 47.4 Å². The Balaban J connectivity index is 2.14. The van der Waals surface area contributed by atoms with Gasteiger partial charge in [0.05, 0.1) is 16.1 Å². The summed E-state index contributed by atoms with van der Waals surface area (Å²) in [6.07, 6.45) is -4.80. The van der Waals surface area contributed by atoms with Gasteiger partial charge in [-0.1, -0.05) is 11.6 Å². The Morgan fingerprint density at radius 1 is 0.963 bits per heavy atom. The molecule has 12 heteroatoms. The van der Waals surface area contributed by atoms with Crippen molar-refractivity contribution in [3.05, 3.63) is 53.1 Å². The number of rotatable bonds is 3. The molecular weight excluding hydrogens is 411 g/mol. The zero-order valence-corrected chi connectivity index (χ0v) is 14.7. The number of hydrogen-bond donors (Lipinski definition) is 3. The summed E-state index contributed by atoms with van der Waals surface area (Å²) in [6.45, 7) is 0. The fourth-order valence-corrected chi connectivity index (χ4v) is 2.64. The van der Waals surface area contributed by atoms with E-state index in [1.807, 2.05) is 5.32 Å². The third kappa shape index (κ3) is 5.42. The largest absolute Gasteiger partial charge is 0.418 e. The predicted molar refractivity (Wildman–Crippen MR) is 91.5 cm³/mol. The van der Waals surface area contributed by atoms with Crippen molar-refractivity contribution in [1.82, 2.24) is 0 Å². The SMILES string of the molecule is NS(=O)(=O)c1ccc(NC(=O)C(=O)Nc2ccc(Cl)cc2C(F)(F)F)cc1. The number of hydrogen-bond acceptors (Lipinski definition) is 4. The Morgan fingerprint density at radius 3 is 2.04 bits per heavy atom. The van der Waals surface area contributed by atoms with Crippen LogP contribution < -0.4 is 15.8 Å². The zero-order valence-electron chi connectivity index (χ0n) is 13.2. The highest BCUT2D eigenvalue weighted by Crippen LogP contribution is 2.36. The Labute approximate surface area is 156 Å². The van der Waals surface area contributed by atoms with Crippen molar-refractivity contribution in [3.8, 4) is 0 Å². The molecule has 0 bridgehead atoms. The number of primary sulfonamides is 1. The van der Waals surface area contributed by atoms with Crippen LogP contribution in [0, 0.1) is 0 Å². The second kappa shape index (κ2) is 7.55. The monoisotopic (exact) mass is 421 g/mol. The molecule has 0 aliphatic rings. The number of alkyl halides is 3. The van der Waals surface area contributed by atoms with Crippen LogP contribution in [0.5, 0.6) is 0 Å². The lowest BCUT2D eigenvalue weighted by Crippen LogP contribution is -2.30. The molecule has 0 radical (unpaired) electrons. The molecule has 0 atom stereocenters. The van der Waals surface area contributed by atoms with Gasteiger partial charge in [0.2, 0.25) is 10.0 Å². The van der Waals surface area contributed by atoms with E-state index >= 15 is 0 Å². The van der Waals surface area contributed by atoms with Gasteiger partial charge in [0.1, 0.15) is 0 Å². The number of nitrogens with one attached hydrogen (secondary N) is 2. The highest BCUT2D eigenvalue weighted by Gasteiger charge is 2.34. The lowest BCUT2D eigenvalue weighted by atomic mass is 10.1. The minimum Gasteiger partial charge on any atom is -0.318 e. The van der Waals surface area contributed by atoms with Gasteiger partial charge < -0.3 is 10.6 Å². The summed E-state index contributed by atoms with van der Waals surface area (Å²) >= 11 is 5.53. The molecule has 0 spiro atoms. The van der Waals surface area contributed by atoms with Crippen LogP contribution in [0.1, 0.15) is 5.56 Å². The van der Waals surface area contributed by atoms with Crippen LogP contribution in [-0.2, 0) is 25.8 Å². The molecule has 144 valence electrons. The first-order valence-electron chi connectivity index (χ1n) is 7.00. The van der Waals surface area contributed by atoms with Crippen molar-refractivity contribution in [1.29, 1.82) is 0 Å². The summed E-state index contributed by atoms with van der Waals surface area (Å²) in [4.78, 5) is 23.5. The van der Waals surface area contributed by atoms with Gasteiger partial charge >= 0.3 is 18.0 Å². The van der Waals surface area contributed by atoms with Crippen molar-refractivity contribution in [2.75, 3.05) is 10.6 Å². The fourth-order valence-electron chi connectivity index (χ4n) is 1.95. The first-order chi connectivity index (χ1) is 12.4. The molecule has 4 N–H and O–H groups in total. The second-order valence-corrected chi connectivity index (χ2v) is 7.16. The summed E-state index contributed by atoms with van der Waals surface area (Å²) in [5.41, 5.74) is -1.82. The summed E-state index contributed by atoms with van der Waals surface area (Å²) in [5, 5.41) is 8.70. The third-order valence-electron chi connectivity index (χ3n) is 3.18. The maximum Gasteiger partial charge on any atom is 0.418 e. The van der Waals surface area contributed by atoms with E-state index in [1.54, 1.807) is 0 Å². The molecule has 2 aromatic carbocycles. The van der Waals surface area contributed by atoms with Gasteiger partial charge in [0.15, 0.2) is 0 Å². The molecule has 2 amide bonds. The smallest absolute Gasteiger partial charge is 0.318 e. The standard InChI is InChI=1S/C15H11ClF3N3O4S/c16-8-1-6-12(11(7-8)15(17,18)19)22-14(24)13(23)21-9-2-4-10(5-3-9)27(20,25)26/h1-7H,(H,21,23)(H,22,24)(H2,20,25,26). The van der Waals surface area contributed by atoms with E-state index in [0.29, 0.717) is 6.07 Å². The van der Waals surface area contributed by atoms with Crippen LogP contribution >= 0.6 is 11.6 Å². The normalized spacial score (nSPS) is 11.7. The van der Waals surface area contributed by atoms with Crippen LogP contribution in [0.4, 0.5) is 24.5 Å². The Morgan fingerprint density at radius 2 is 1.52 bits per heavy atom. The van der Waals surface area contributed by atoms with Gasteiger partial charge in [-0.3, -0.25) is 9.59 Å². The molecule has 2 aromatic rings. The number of nitrogens with two attached hydrogens (primary N) is 1. The summed E-state index contributed by atoms with van der Waals surface area (Å²) in [7, 11) is -3.94. The lowest BCUT2D eigenvalue weighted by molar-refractivity contribution is -0.137. The van der Waals surface area contributed by atoms with E-state index in [0.717, 1.165) is 36.4 Å². The number of carbonyl (C=O) groups is 2. The van der Waals surface area contributed by atoms with Gasteiger partial charge in [-0.15, -0.1) is 0 Å². The van der Waals surface area contributed by atoms with Gasteiger partial charge in [0, 0.05) is 10.7 Å². The lowest BCUT2D eigenvalue weighted by Gasteiger charge is -2.14. The van der Waals surface area contributed by atoms with Gasteiger partial charge in [-0.2, -0.15) is 13.2 Å². The average Bonchev–Trinajstić information content (AvgIpc) is 2.55. The topological polar surface area (TPSA) is 118 Å². The van der Waals surface area contributed by atoms with E-state index in [4.69, 9.17) is 16.7 Å². The second-order valence-electron chi connectivity index (χ2n) is 5.17. The van der Waals surface area contributed by atoms with Crippen LogP contribution in [-0.4, -0.2) is 20.2 Å². The van der Waals surface area contributed by atoms with Crippen molar-refractivity contribution < 1.29 is 31.2 Å². The number of carbonyl (C=O) groups excluding carboxylic acids is 2. The number of sulfonamides is 1. The van der Waals surface area contributed by atoms with Crippen LogP contribution in [0.2, 0.25) is 5.02 Å². The van der Waals surface area contributed by atoms with Crippen molar-refractivity contribution in [3.63, 3.8) is 0 Å². The Bertz CT molecular complexity index is 992. The molecule has 27 heavy (non-hydrogen) atoms. The highest BCUT2D eigenvalue weighted by molar-refractivity contribution is 7.89. The maximum atomic E-state index is 13.0. The maximum absolute atomic E-state index is 13.0. The van der Waals surface area contributed by atoms with Crippen molar-refractivity contribution in [2.45, 2.75) is 11.1 Å². The fraction of sp³-hybridized carbons (Fsp3) is 0.0667. The van der Waals surface area contributed by atoms with Crippen molar-refractivity contribution >= 4 is 44.8 Å². The minimum atomic E-state index is -4.80. The summed E-state index contributed by atoms with van der Waals surface area (Å²) in [6, 6.07) is 7.14. The number of halogens is 4. The predicted octanol–water partition coefficient (Wildman–Crippen LogP) is 2.58. The molecule has 0 aromatic heterocycles. The highest BCUT2D eigenvalue weighted by atomic mass is 35.5. The van der Waals surface area contributed by atoms with E-state index in [9.17, 15) is 31.2 Å². The molecule has 0 aliphatic carbocycles. The van der Waals surface area contributed by atoms with Crippen LogP contribution in [0.3, 0.4) is 0 Å². The van der Waals surface area contributed by atoms with Gasteiger partial charge in [0.25, 0.3) is 0 Å². The summed E-state index contributed by atoms with van der Waals surface area (Å²) < 4.78 is 61.3. The van der Waals surface area contributed by atoms with Crippen molar-refractivity contribution in [2.24, 2.45) is 5.14 Å². The number of anilines is 2. The third-order valence-corrected chi connectivity index (χ3v) is 4.35. The molecule has 0 saturated heterocycles. The quantitative estimate of drug-likeness (QED) is 0.660. The first-order valence-corrected chi connectivity index (χ1v) is 8.92. The first kappa shape index (κ1) is 20.7. The Hall–Kier alpha value is -2.63. The van der Waals surface area contributed by atoms with Gasteiger partial charge in [-0.25, -0.2) is 13.6 Å². The molecule has 7 nitrogen and oxygen atoms in total. The summed E-state index contributed by atoms with van der Waals surface area (Å²) in [5.74, 6) is -2.63.